The molecule has 1 nitrogen and oxygen atoms in total. The smallest absolute Gasteiger partial charge is 0.260 e. The molecule has 3 heteroatoms. The summed E-state index contributed by atoms with van der Waals surface area (Å²) in [7, 11) is 0. The molecule has 1 heterocycles. The molecular formula is C11H21F2N. The molecule has 0 bridgehead atoms. The van der Waals surface area contributed by atoms with E-state index in [9.17, 15) is 8.78 Å². The van der Waals surface area contributed by atoms with Crippen molar-refractivity contribution in [1.82, 2.24) is 4.90 Å². The topological polar surface area (TPSA) is 3.24 Å². The first-order chi connectivity index (χ1) is 6.33. The van der Waals surface area contributed by atoms with Crippen molar-refractivity contribution < 1.29 is 8.78 Å². The first-order valence-electron chi connectivity index (χ1n) is 5.47. The average molecular weight is 205 g/mol. The van der Waals surface area contributed by atoms with Gasteiger partial charge in [-0.2, -0.15) is 0 Å². The van der Waals surface area contributed by atoms with Crippen LogP contribution in [-0.2, 0) is 0 Å². The van der Waals surface area contributed by atoms with Crippen molar-refractivity contribution in [3.05, 3.63) is 0 Å². The van der Waals surface area contributed by atoms with E-state index in [1.54, 1.807) is 0 Å². The Hall–Kier alpha value is -0.180. The highest BCUT2D eigenvalue weighted by atomic mass is 19.3. The van der Waals surface area contributed by atoms with Gasteiger partial charge in [0.2, 0.25) is 0 Å². The Morgan fingerprint density at radius 2 is 1.79 bits per heavy atom. The van der Waals surface area contributed by atoms with Crippen LogP contribution < -0.4 is 0 Å². The fraction of sp³-hybridized carbons (Fsp3) is 1.00. The molecule has 1 saturated heterocycles. The number of hydrogen-bond acceptors (Lipinski definition) is 1. The predicted molar refractivity (Wildman–Crippen MR) is 54.6 cm³/mol. The third kappa shape index (κ3) is 2.66. The second-order valence-corrected chi connectivity index (χ2v) is 4.97. The van der Waals surface area contributed by atoms with Gasteiger partial charge in [0.1, 0.15) is 0 Å². The largest absolute Gasteiger partial charge is 0.292 e. The van der Waals surface area contributed by atoms with Crippen LogP contribution in [0.3, 0.4) is 0 Å². The first kappa shape index (κ1) is 11.9. The number of hydrogen-bond donors (Lipinski definition) is 0. The minimum Gasteiger partial charge on any atom is -0.292 e. The number of rotatable bonds is 2. The van der Waals surface area contributed by atoms with E-state index in [0.29, 0.717) is 18.4 Å². The molecule has 0 saturated carbocycles. The van der Waals surface area contributed by atoms with Crippen LogP contribution in [0.25, 0.3) is 0 Å². The van der Waals surface area contributed by atoms with E-state index in [4.69, 9.17) is 0 Å². The quantitative estimate of drug-likeness (QED) is 0.669. The summed E-state index contributed by atoms with van der Waals surface area (Å²) in [5.41, 5.74) is 0. The maximum Gasteiger partial charge on any atom is 0.260 e. The van der Waals surface area contributed by atoms with E-state index in [-0.39, 0.29) is 19.0 Å². The van der Waals surface area contributed by atoms with E-state index in [2.05, 4.69) is 13.8 Å². The molecule has 0 aromatic carbocycles. The zero-order valence-electron chi connectivity index (χ0n) is 9.56. The molecule has 0 aromatic heterocycles. The second-order valence-electron chi connectivity index (χ2n) is 4.97. The molecule has 1 atom stereocenters. The summed E-state index contributed by atoms with van der Waals surface area (Å²) in [6, 6.07) is 0.545. The molecule has 14 heavy (non-hydrogen) atoms. The van der Waals surface area contributed by atoms with Gasteiger partial charge in [0.05, 0.1) is 6.54 Å². The molecule has 0 aromatic rings. The molecule has 1 unspecified atom stereocenters. The normalized spacial score (nSPS) is 28.7. The van der Waals surface area contributed by atoms with Gasteiger partial charge in [-0.1, -0.05) is 13.8 Å². The Bertz CT molecular complexity index is 190. The molecule has 0 radical (unpaired) electrons. The summed E-state index contributed by atoms with van der Waals surface area (Å²) in [5, 5.41) is 0. The van der Waals surface area contributed by atoms with Crippen molar-refractivity contribution >= 4 is 0 Å². The van der Waals surface area contributed by atoms with Crippen LogP contribution in [0.5, 0.6) is 0 Å². The zero-order chi connectivity index (χ0) is 10.9. The lowest BCUT2D eigenvalue weighted by atomic mass is 9.90. The molecule has 0 spiro atoms. The average Bonchev–Trinajstić information content (AvgIpc) is 2.01. The molecule has 1 rings (SSSR count). The summed E-state index contributed by atoms with van der Waals surface area (Å²) in [6.07, 6.45) is 0.682. The Balaban J connectivity index is 2.71. The minimum absolute atomic E-state index is 0.0546. The lowest BCUT2D eigenvalue weighted by molar-refractivity contribution is -0.0991. The first-order valence-corrected chi connectivity index (χ1v) is 5.47. The molecule has 0 aliphatic carbocycles. The van der Waals surface area contributed by atoms with E-state index >= 15 is 0 Å². The van der Waals surface area contributed by atoms with Crippen LogP contribution in [0.15, 0.2) is 0 Å². The van der Waals surface area contributed by atoms with Gasteiger partial charge in [0, 0.05) is 18.5 Å². The Labute approximate surface area is 85.5 Å². The maximum absolute atomic E-state index is 13.2. The van der Waals surface area contributed by atoms with E-state index in [1.807, 2.05) is 18.7 Å². The van der Waals surface area contributed by atoms with E-state index in [1.165, 1.54) is 0 Å². The second kappa shape index (κ2) is 4.13. The van der Waals surface area contributed by atoms with E-state index in [0.717, 1.165) is 0 Å². The van der Waals surface area contributed by atoms with Gasteiger partial charge in [0.15, 0.2) is 0 Å². The SMILES string of the molecule is CC(C)C1CCC(F)(F)CN1C(C)C. The van der Waals surface area contributed by atoms with Crippen LogP contribution in [0.1, 0.15) is 40.5 Å². The van der Waals surface area contributed by atoms with Gasteiger partial charge >= 0.3 is 0 Å². The molecule has 84 valence electrons. The summed E-state index contributed by atoms with van der Waals surface area (Å²) in [5.74, 6) is -2.01. The van der Waals surface area contributed by atoms with Crippen LogP contribution in [0.2, 0.25) is 0 Å². The minimum atomic E-state index is -2.48. The highest BCUT2D eigenvalue weighted by Gasteiger charge is 2.41. The number of piperidine rings is 1. The molecule has 1 fully saturated rings. The summed E-state index contributed by atoms with van der Waals surface area (Å²) in [4.78, 5) is 1.95. The molecular weight excluding hydrogens is 184 g/mol. The van der Waals surface area contributed by atoms with Crippen LogP contribution in [0.4, 0.5) is 8.78 Å². The van der Waals surface area contributed by atoms with Gasteiger partial charge in [0.25, 0.3) is 5.92 Å². The van der Waals surface area contributed by atoms with E-state index < -0.39 is 5.92 Å². The van der Waals surface area contributed by atoms with Gasteiger partial charge in [-0.15, -0.1) is 0 Å². The highest BCUT2D eigenvalue weighted by molar-refractivity contribution is 4.88. The van der Waals surface area contributed by atoms with Crippen molar-refractivity contribution in [2.24, 2.45) is 5.92 Å². The van der Waals surface area contributed by atoms with Gasteiger partial charge < -0.3 is 0 Å². The Morgan fingerprint density at radius 3 is 2.21 bits per heavy atom. The fourth-order valence-corrected chi connectivity index (χ4v) is 2.27. The van der Waals surface area contributed by atoms with Crippen LogP contribution in [0, 0.1) is 5.92 Å². The fourth-order valence-electron chi connectivity index (χ4n) is 2.27. The third-order valence-electron chi connectivity index (χ3n) is 3.08. The lowest BCUT2D eigenvalue weighted by Crippen LogP contribution is -2.53. The highest BCUT2D eigenvalue weighted by Crippen LogP contribution is 2.33. The van der Waals surface area contributed by atoms with Gasteiger partial charge in [-0.25, -0.2) is 8.78 Å². The van der Waals surface area contributed by atoms with Crippen LogP contribution >= 0.6 is 0 Å². The molecule has 1 aliphatic rings. The Morgan fingerprint density at radius 1 is 1.21 bits per heavy atom. The Kier molecular flexibility index (Phi) is 3.51. The van der Waals surface area contributed by atoms with Gasteiger partial charge in [-0.3, -0.25) is 4.90 Å². The van der Waals surface area contributed by atoms with Crippen molar-refractivity contribution in [2.45, 2.75) is 58.5 Å². The molecule has 1 aliphatic heterocycles. The maximum atomic E-state index is 13.2. The van der Waals surface area contributed by atoms with Crippen molar-refractivity contribution in [3.63, 3.8) is 0 Å². The summed E-state index contributed by atoms with van der Waals surface area (Å²) < 4.78 is 26.4. The van der Waals surface area contributed by atoms with Crippen molar-refractivity contribution in [3.8, 4) is 0 Å². The number of halogens is 2. The molecule has 0 amide bonds. The summed E-state index contributed by atoms with van der Waals surface area (Å²) in [6.45, 7) is 8.16. The number of alkyl halides is 2. The lowest BCUT2D eigenvalue weighted by Gasteiger charge is -2.43. The van der Waals surface area contributed by atoms with Crippen molar-refractivity contribution in [2.75, 3.05) is 6.54 Å². The number of likely N-dealkylation sites (tertiary alicyclic amines) is 1. The summed E-state index contributed by atoms with van der Waals surface area (Å²) >= 11 is 0. The zero-order valence-corrected chi connectivity index (χ0v) is 9.56. The molecule has 0 N–H and O–H groups in total. The predicted octanol–water partition coefficient (Wildman–Crippen LogP) is 3.15. The van der Waals surface area contributed by atoms with Crippen molar-refractivity contribution in [1.29, 1.82) is 0 Å². The standard InChI is InChI=1S/C11H21F2N/c1-8(2)10-5-6-11(12,13)7-14(10)9(3)4/h8-10H,5-7H2,1-4H3. The third-order valence-corrected chi connectivity index (χ3v) is 3.08. The van der Waals surface area contributed by atoms with Crippen LogP contribution in [-0.4, -0.2) is 29.5 Å². The van der Waals surface area contributed by atoms with Gasteiger partial charge in [-0.05, 0) is 26.2 Å². The monoisotopic (exact) mass is 205 g/mol. The number of nitrogens with zero attached hydrogens (tertiary/aromatic N) is 1.